The van der Waals surface area contributed by atoms with E-state index >= 15 is 0 Å². The summed E-state index contributed by atoms with van der Waals surface area (Å²) in [5, 5.41) is 0. The fourth-order valence-corrected chi connectivity index (χ4v) is 2.41. The molecule has 1 aliphatic rings. The van der Waals surface area contributed by atoms with E-state index in [1.54, 1.807) is 0 Å². The van der Waals surface area contributed by atoms with Crippen molar-refractivity contribution < 1.29 is 24.1 Å². The van der Waals surface area contributed by atoms with Crippen LogP contribution in [0.3, 0.4) is 0 Å². The van der Waals surface area contributed by atoms with Gasteiger partial charge in [0.1, 0.15) is 5.75 Å². The molecule has 0 amide bonds. The molecular weight excluding hydrogens is 281 g/mol. The third-order valence-electron chi connectivity index (χ3n) is 3.75. The van der Waals surface area contributed by atoms with Gasteiger partial charge in [-0.2, -0.15) is 13.2 Å². The van der Waals surface area contributed by atoms with Crippen molar-refractivity contribution in [2.75, 3.05) is 0 Å². The molecule has 1 aromatic carbocycles. The number of benzene rings is 1. The molecule has 0 saturated heterocycles. The van der Waals surface area contributed by atoms with Gasteiger partial charge in [-0.3, -0.25) is 4.79 Å². The van der Waals surface area contributed by atoms with Crippen molar-refractivity contribution in [3.8, 4) is 5.75 Å². The van der Waals surface area contributed by atoms with E-state index in [1.807, 2.05) is 0 Å². The van der Waals surface area contributed by atoms with E-state index in [1.165, 1.54) is 12.1 Å². The molecule has 5 heteroatoms. The monoisotopic (exact) mass is 304 g/mol. The zero-order valence-corrected chi connectivity index (χ0v) is 11.2. The molecule has 0 aliphatic heterocycles. The number of esters is 1. The number of carbonyl (C=O) groups excluding carboxylic acids is 1. The number of rotatable bonds is 2. The van der Waals surface area contributed by atoms with Crippen molar-refractivity contribution in [3.63, 3.8) is 0 Å². The van der Waals surface area contributed by atoms with Crippen molar-refractivity contribution in [3.05, 3.63) is 29.8 Å². The average Bonchev–Trinajstić information content (AvgIpc) is 2.39. The summed E-state index contributed by atoms with van der Waals surface area (Å²) in [6.07, 6.45) is -0.803. The van der Waals surface area contributed by atoms with Crippen LogP contribution in [0, 0.1) is 11.8 Å². The zero-order valence-electron chi connectivity index (χ0n) is 11.2. The van der Waals surface area contributed by atoms with E-state index in [4.69, 9.17) is 4.74 Å². The Hall–Kier alpha value is -1.52. The van der Waals surface area contributed by atoms with Gasteiger partial charge in [0.15, 0.2) is 0 Å². The summed E-state index contributed by atoms with van der Waals surface area (Å²) >= 11 is 0. The highest BCUT2D eigenvalue weighted by molar-refractivity contribution is 5.75. The highest BCUT2D eigenvalue weighted by Gasteiger charge is 2.30. The van der Waals surface area contributed by atoms with Crippen molar-refractivity contribution in [1.82, 2.24) is 0 Å². The summed E-state index contributed by atoms with van der Waals surface area (Å²) in [4.78, 5) is 11.9. The first kappa shape index (κ1) is 17.5. The van der Waals surface area contributed by atoms with Gasteiger partial charge in [-0.1, -0.05) is 14.4 Å². The van der Waals surface area contributed by atoms with Crippen LogP contribution in [0.2, 0.25) is 0 Å². The lowest BCUT2D eigenvalue weighted by Crippen LogP contribution is -2.24. The highest BCUT2D eigenvalue weighted by atomic mass is 19.4. The first-order valence-electron chi connectivity index (χ1n) is 6.75. The van der Waals surface area contributed by atoms with Gasteiger partial charge >= 0.3 is 12.1 Å². The molecule has 0 aromatic heterocycles. The highest BCUT2D eigenvalue weighted by Crippen LogP contribution is 2.32. The summed E-state index contributed by atoms with van der Waals surface area (Å²) in [5.74, 6) is 0.330. The Morgan fingerprint density at radius 2 is 1.67 bits per heavy atom. The van der Waals surface area contributed by atoms with Gasteiger partial charge in [-0.05, 0) is 55.9 Å². The van der Waals surface area contributed by atoms with Gasteiger partial charge in [0.05, 0.1) is 11.5 Å². The van der Waals surface area contributed by atoms with Crippen LogP contribution in [0.4, 0.5) is 13.2 Å². The minimum atomic E-state index is -4.37. The van der Waals surface area contributed by atoms with Crippen molar-refractivity contribution in [2.24, 2.45) is 11.8 Å². The Morgan fingerprint density at radius 3 is 2.14 bits per heavy atom. The third kappa shape index (κ3) is 4.76. The van der Waals surface area contributed by atoms with Crippen LogP contribution in [0.1, 0.15) is 47.0 Å². The lowest BCUT2D eigenvalue weighted by atomic mass is 9.83. The Balaban J connectivity index is 0.00000220. The maximum Gasteiger partial charge on any atom is 0.416 e. The normalized spacial score (nSPS) is 22.3. The predicted molar refractivity (Wildman–Crippen MR) is 77.0 cm³/mol. The van der Waals surface area contributed by atoms with Crippen LogP contribution >= 0.6 is 0 Å². The van der Waals surface area contributed by atoms with Crippen LogP contribution in [0.25, 0.3) is 0 Å². The molecule has 21 heavy (non-hydrogen) atoms. The predicted octanol–water partition coefficient (Wildman–Crippen LogP) is 5.32. The standard InChI is InChI=1S/C15H17F3O2.CH4.H2/c1-10-2-4-11(5-3-10)14(19)20-13-8-6-12(7-9-13)15(16,17)18;;/h6-11H,2-5H2,1H3;1H4;1H. The lowest BCUT2D eigenvalue weighted by Gasteiger charge is -2.24. The second-order valence-electron chi connectivity index (χ2n) is 5.40. The Kier molecular flexibility index (Phi) is 5.81. The quantitative estimate of drug-likeness (QED) is 0.546. The fraction of sp³-hybridized carbons (Fsp3) is 0.562. The molecule has 1 saturated carbocycles. The van der Waals surface area contributed by atoms with Crippen molar-refractivity contribution in [1.29, 1.82) is 0 Å². The number of hydrogen-bond acceptors (Lipinski definition) is 2. The first-order chi connectivity index (χ1) is 9.36. The van der Waals surface area contributed by atoms with E-state index in [-0.39, 0.29) is 26.5 Å². The van der Waals surface area contributed by atoms with E-state index in [9.17, 15) is 18.0 Å². The molecule has 120 valence electrons. The number of carbonyl (C=O) groups is 1. The molecule has 1 aromatic rings. The van der Waals surface area contributed by atoms with Crippen LogP contribution in [-0.4, -0.2) is 5.97 Å². The van der Waals surface area contributed by atoms with E-state index < -0.39 is 11.7 Å². The van der Waals surface area contributed by atoms with Gasteiger partial charge in [-0.25, -0.2) is 0 Å². The smallest absolute Gasteiger partial charge is 0.416 e. The number of halogens is 3. The second-order valence-corrected chi connectivity index (χ2v) is 5.40. The zero-order chi connectivity index (χ0) is 14.8. The van der Waals surface area contributed by atoms with Crippen LogP contribution in [-0.2, 0) is 11.0 Å². The SMILES string of the molecule is C.CC1CCC(C(=O)Oc2ccc(C(F)(F)F)cc2)CC1.[HH]. The molecule has 1 aliphatic carbocycles. The van der Waals surface area contributed by atoms with Crippen LogP contribution in [0.5, 0.6) is 5.75 Å². The number of ether oxygens (including phenoxy) is 1. The van der Waals surface area contributed by atoms with Gasteiger partial charge in [0.2, 0.25) is 0 Å². The average molecular weight is 304 g/mol. The maximum absolute atomic E-state index is 12.4. The number of hydrogen-bond donors (Lipinski definition) is 0. The molecule has 0 heterocycles. The molecule has 2 rings (SSSR count). The Bertz CT molecular complexity index is 463. The second kappa shape index (κ2) is 6.96. The molecule has 0 radical (unpaired) electrons. The molecule has 0 spiro atoms. The Labute approximate surface area is 124 Å². The van der Waals surface area contributed by atoms with Crippen molar-refractivity contribution >= 4 is 5.97 Å². The van der Waals surface area contributed by atoms with Crippen molar-refractivity contribution in [2.45, 2.75) is 46.2 Å². The molecule has 0 N–H and O–H groups in total. The molecule has 0 bridgehead atoms. The van der Waals surface area contributed by atoms with E-state index in [0.717, 1.165) is 37.8 Å². The van der Waals surface area contributed by atoms with E-state index in [2.05, 4.69) is 6.92 Å². The Morgan fingerprint density at radius 1 is 1.14 bits per heavy atom. The molecule has 0 atom stereocenters. The summed E-state index contributed by atoms with van der Waals surface area (Å²) in [5.41, 5.74) is -0.746. The number of alkyl halides is 3. The van der Waals surface area contributed by atoms with Gasteiger partial charge in [0, 0.05) is 1.43 Å². The molecule has 0 unspecified atom stereocenters. The third-order valence-corrected chi connectivity index (χ3v) is 3.75. The molecule has 1 fully saturated rings. The minimum absolute atomic E-state index is 0. The van der Waals surface area contributed by atoms with Crippen LogP contribution < -0.4 is 4.74 Å². The van der Waals surface area contributed by atoms with Gasteiger partial charge in [0.25, 0.3) is 0 Å². The fourth-order valence-electron chi connectivity index (χ4n) is 2.41. The molecule has 2 nitrogen and oxygen atoms in total. The summed E-state index contributed by atoms with van der Waals surface area (Å²) in [6.45, 7) is 2.15. The summed E-state index contributed by atoms with van der Waals surface area (Å²) in [7, 11) is 0. The molecular formula is C16H23F3O2. The lowest BCUT2D eigenvalue weighted by molar-refractivity contribution is -0.140. The van der Waals surface area contributed by atoms with Gasteiger partial charge in [-0.15, -0.1) is 0 Å². The van der Waals surface area contributed by atoms with Crippen LogP contribution in [0.15, 0.2) is 24.3 Å². The minimum Gasteiger partial charge on any atom is -0.426 e. The maximum atomic E-state index is 12.4. The topological polar surface area (TPSA) is 26.3 Å². The summed E-state index contributed by atoms with van der Waals surface area (Å²) < 4.78 is 42.4. The first-order valence-corrected chi connectivity index (χ1v) is 6.75. The van der Waals surface area contributed by atoms with Gasteiger partial charge < -0.3 is 4.74 Å². The van der Waals surface area contributed by atoms with E-state index in [0.29, 0.717) is 5.92 Å². The largest absolute Gasteiger partial charge is 0.426 e. The summed E-state index contributed by atoms with van der Waals surface area (Å²) in [6, 6.07) is 4.22.